The highest BCUT2D eigenvalue weighted by Gasteiger charge is 2.38. The molecule has 0 spiro atoms. The minimum absolute atomic E-state index is 0.108. The summed E-state index contributed by atoms with van der Waals surface area (Å²) in [4.78, 5) is 23.7. The fourth-order valence-electron chi connectivity index (χ4n) is 4.19. The number of esters is 1. The third-order valence-electron chi connectivity index (χ3n) is 5.98. The van der Waals surface area contributed by atoms with Crippen molar-refractivity contribution in [1.82, 2.24) is 4.57 Å². The van der Waals surface area contributed by atoms with Crippen molar-refractivity contribution in [2.75, 3.05) is 6.61 Å². The highest BCUT2D eigenvalue weighted by Crippen LogP contribution is 2.35. The van der Waals surface area contributed by atoms with Crippen LogP contribution in [0.25, 0.3) is 10.9 Å². The van der Waals surface area contributed by atoms with Crippen LogP contribution in [0.1, 0.15) is 39.0 Å². The van der Waals surface area contributed by atoms with Crippen molar-refractivity contribution < 1.29 is 28.3 Å². The van der Waals surface area contributed by atoms with Crippen molar-refractivity contribution in [3.05, 3.63) is 75.7 Å². The Kier molecular flexibility index (Phi) is 6.18. The molecule has 0 aliphatic carbocycles. The molecule has 2 heterocycles. The van der Waals surface area contributed by atoms with Crippen molar-refractivity contribution in [2.45, 2.75) is 58.2 Å². The molecule has 4 rings (SSSR count). The molecule has 8 nitrogen and oxygen atoms in total. The van der Waals surface area contributed by atoms with Crippen molar-refractivity contribution >= 4 is 22.6 Å². The van der Waals surface area contributed by atoms with E-state index in [4.69, 9.17) is 14.2 Å². The number of rotatable bonds is 7. The van der Waals surface area contributed by atoms with E-state index in [1.807, 2.05) is 30.3 Å². The average molecular weight is 470 g/mol. The molecule has 0 unspecified atom stereocenters. The fourth-order valence-corrected chi connectivity index (χ4v) is 4.19. The molecule has 1 fully saturated rings. The normalized spacial score (nSPS) is 17.7. The molecule has 0 radical (unpaired) electrons. The number of hydrogen-bond donors (Lipinski definition) is 0. The summed E-state index contributed by atoms with van der Waals surface area (Å²) in [5.41, 5.74) is 0.0589. The first-order valence-electron chi connectivity index (χ1n) is 11.0. The zero-order valence-electron chi connectivity index (χ0n) is 19.5. The maximum atomic E-state index is 14.6. The molecule has 1 saturated heterocycles. The van der Waals surface area contributed by atoms with Crippen LogP contribution in [0.2, 0.25) is 0 Å². The Balaban J connectivity index is 1.73. The summed E-state index contributed by atoms with van der Waals surface area (Å²) >= 11 is 0. The molecule has 3 aromatic rings. The third-order valence-corrected chi connectivity index (χ3v) is 5.98. The molecular weight excluding hydrogens is 443 g/mol. The van der Waals surface area contributed by atoms with E-state index in [9.17, 15) is 19.3 Å². The predicted molar refractivity (Wildman–Crippen MR) is 123 cm³/mol. The number of halogens is 1. The number of hydrogen-bond acceptors (Lipinski definition) is 6. The molecule has 1 atom stereocenters. The van der Waals surface area contributed by atoms with E-state index in [1.54, 1.807) is 38.3 Å². The summed E-state index contributed by atoms with van der Waals surface area (Å²) in [5, 5.41) is 11.7. The van der Waals surface area contributed by atoms with Crippen molar-refractivity contribution in [3.63, 3.8) is 0 Å². The van der Waals surface area contributed by atoms with Crippen LogP contribution in [0.15, 0.2) is 48.5 Å². The molecule has 0 bridgehead atoms. The van der Waals surface area contributed by atoms with Crippen LogP contribution < -0.4 is 0 Å². The van der Waals surface area contributed by atoms with Gasteiger partial charge in [-0.2, -0.15) is 4.39 Å². The SMILES string of the molecule is CC1(C)OC[C@@H](Cn2c(C(C)(C)C(=O)OCc3ccccc3)cc3cc([N+](=O)[O-])c(F)cc32)O1. The molecule has 2 aromatic carbocycles. The summed E-state index contributed by atoms with van der Waals surface area (Å²) in [6.07, 6.45) is -0.348. The minimum atomic E-state index is -1.13. The Morgan fingerprint density at radius 3 is 2.59 bits per heavy atom. The molecule has 0 saturated carbocycles. The van der Waals surface area contributed by atoms with Gasteiger partial charge < -0.3 is 18.8 Å². The van der Waals surface area contributed by atoms with E-state index in [1.165, 1.54) is 6.07 Å². The van der Waals surface area contributed by atoms with Gasteiger partial charge in [-0.3, -0.25) is 14.9 Å². The fraction of sp³-hybridized carbons (Fsp3) is 0.400. The van der Waals surface area contributed by atoms with Gasteiger partial charge >= 0.3 is 11.7 Å². The Labute approximate surface area is 196 Å². The number of nitrogens with zero attached hydrogens (tertiary/aromatic N) is 2. The molecule has 34 heavy (non-hydrogen) atoms. The Bertz CT molecular complexity index is 1240. The van der Waals surface area contributed by atoms with Gasteiger partial charge in [-0.1, -0.05) is 30.3 Å². The topological polar surface area (TPSA) is 92.8 Å². The maximum Gasteiger partial charge on any atom is 0.317 e. The van der Waals surface area contributed by atoms with Crippen LogP contribution in [0, 0.1) is 15.9 Å². The Hall–Kier alpha value is -3.30. The number of nitro groups is 1. The smallest absolute Gasteiger partial charge is 0.317 e. The Morgan fingerprint density at radius 2 is 1.97 bits per heavy atom. The third kappa shape index (κ3) is 4.67. The monoisotopic (exact) mass is 470 g/mol. The molecule has 0 N–H and O–H groups in total. The summed E-state index contributed by atoms with van der Waals surface area (Å²) < 4.78 is 33.5. The zero-order chi connectivity index (χ0) is 24.7. The lowest BCUT2D eigenvalue weighted by molar-refractivity contribution is -0.387. The standard InChI is InChI=1S/C25H27FN2O6/c1-24(2,23(29)32-14-16-8-6-5-7-9-16)22-11-17-10-21(28(30)31)19(26)12-20(17)27(22)13-18-15-33-25(3,4)34-18/h5-12,18H,13-15H2,1-4H3/t18-/m1/s1. The number of aromatic nitrogens is 1. The summed E-state index contributed by atoms with van der Waals surface area (Å²) in [7, 11) is 0. The van der Waals surface area contributed by atoms with Crippen LogP contribution in [-0.4, -0.2) is 34.0 Å². The second-order valence-corrected chi connectivity index (χ2v) is 9.40. The van der Waals surface area contributed by atoms with Gasteiger partial charge in [-0.05, 0) is 39.3 Å². The number of benzene rings is 2. The van der Waals surface area contributed by atoms with Crippen LogP contribution >= 0.6 is 0 Å². The first kappa shape index (κ1) is 23.8. The lowest BCUT2D eigenvalue weighted by Gasteiger charge is -2.26. The van der Waals surface area contributed by atoms with Crippen LogP contribution in [-0.2, 0) is 37.6 Å². The van der Waals surface area contributed by atoms with Crippen LogP contribution in [0.5, 0.6) is 0 Å². The first-order chi connectivity index (χ1) is 16.0. The Morgan fingerprint density at radius 1 is 1.26 bits per heavy atom. The predicted octanol–water partition coefficient (Wildman–Crippen LogP) is 4.86. The molecule has 1 aromatic heterocycles. The number of fused-ring (bicyclic) bond motifs is 1. The summed E-state index contributed by atoms with van der Waals surface area (Å²) in [6.45, 7) is 7.73. The van der Waals surface area contributed by atoms with Gasteiger partial charge in [0.05, 0.1) is 23.6 Å². The van der Waals surface area contributed by atoms with E-state index in [0.29, 0.717) is 23.2 Å². The average Bonchev–Trinajstić information content (AvgIpc) is 3.31. The lowest BCUT2D eigenvalue weighted by Crippen LogP contribution is -2.35. The zero-order valence-corrected chi connectivity index (χ0v) is 19.5. The molecule has 9 heteroatoms. The second kappa shape index (κ2) is 8.81. The van der Waals surface area contributed by atoms with Gasteiger partial charge in [0.1, 0.15) is 18.1 Å². The molecule has 180 valence electrons. The molecule has 0 amide bonds. The maximum absolute atomic E-state index is 14.6. The number of ether oxygens (including phenoxy) is 3. The van der Waals surface area contributed by atoms with Crippen molar-refractivity contribution in [3.8, 4) is 0 Å². The van der Waals surface area contributed by atoms with Gasteiger partial charge in [0.25, 0.3) is 0 Å². The van der Waals surface area contributed by atoms with Gasteiger partial charge in [-0.25, -0.2) is 0 Å². The van der Waals surface area contributed by atoms with Crippen molar-refractivity contribution in [1.29, 1.82) is 0 Å². The summed E-state index contributed by atoms with van der Waals surface area (Å²) in [5.74, 6) is -2.18. The largest absolute Gasteiger partial charge is 0.460 e. The van der Waals surface area contributed by atoms with E-state index in [-0.39, 0.29) is 19.3 Å². The number of carbonyl (C=O) groups is 1. The summed E-state index contributed by atoms with van der Waals surface area (Å²) in [6, 6.07) is 13.3. The highest BCUT2D eigenvalue weighted by atomic mass is 19.1. The van der Waals surface area contributed by atoms with Crippen LogP contribution in [0.4, 0.5) is 10.1 Å². The van der Waals surface area contributed by atoms with Crippen molar-refractivity contribution in [2.24, 2.45) is 0 Å². The first-order valence-corrected chi connectivity index (χ1v) is 11.0. The molecule has 1 aliphatic rings. The highest BCUT2D eigenvalue weighted by molar-refractivity contribution is 5.88. The number of nitro benzene ring substituents is 1. The quantitative estimate of drug-likeness (QED) is 0.278. The van der Waals surface area contributed by atoms with E-state index in [0.717, 1.165) is 11.6 Å². The van der Waals surface area contributed by atoms with Gasteiger partial charge in [-0.15, -0.1) is 0 Å². The lowest BCUT2D eigenvalue weighted by atomic mass is 9.89. The van der Waals surface area contributed by atoms with Gasteiger partial charge in [0.2, 0.25) is 5.82 Å². The molecular formula is C25H27FN2O6. The van der Waals surface area contributed by atoms with E-state index < -0.39 is 33.6 Å². The second-order valence-electron chi connectivity index (χ2n) is 9.40. The number of carbonyl (C=O) groups excluding carboxylic acids is 1. The van der Waals surface area contributed by atoms with Gasteiger partial charge in [0, 0.05) is 23.2 Å². The molecule has 1 aliphatic heterocycles. The van der Waals surface area contributed by atoms with Crippen LogP contribution in [0.3, 0.4) is 0 Å². The minimum Gasteiger partial charge on any atom is -0.460 e. The van der Waals surface area contributed by atoms with E-state index >= 15 is 0 Å². The van der Waals surface area contributed by atoms with E-state index in [2.05, 4.69) is 0 Å². The van der Waals surface area contributed by atoms with Gasteiger partial charge in [0.15, 0.2) is 5.79 Å².